The number of carbonyl (C=O) groups is 1. The summed E-state index contributed by atoms with van der Waals surface area (Å²) in [6.07, 6.45) is 1.74. The predicted octanol–water partition coefficient (Wildman–Crippen LogP) is 1.23. The summed E-state index contributed by atoms with van der Waals surface area (Å²) in [5.41, 5.74) is 2.15. The molecule has 0 radical (unpaired) electrons. The lowest BCUT2D eigenvalue weighted by Crippen LogP contribution is -2.44. The normalized spacial score (nSPS) is 15.8. The Kier molecular flexibility index (Phi) is 5.83. The van der Waals surface area contributed by atoms with Gasteiger partial charge in [-0.1, -0.05) is 12.8 Å². The molecule has 1 saturated carbocycles. The van der Waals surface area contributed by atoms with Crippen LogP contribution in [0, 0.1) is 5.92 Å². The average molecular weight is 349 g/mol. The van der Waals surface area contributed by atoms with Gasteiger partial charge in [-0.3, -0.25) is 10.2 Å². The zero-order chi connectivity index (χ0) is 16.9. The number of halogens is 2. The Morgan fingerprint density at radius 3 is 2.74 bits per heavy atom. The molecule has 0 aliphatic heterocycles. The van der Waals surface area contributed by atoms with Crippen molar-refractivity contribution in [3.63, 3.8) is 0 Å². The first-order valence-electron chi connectivity index (χ1n) is 7.08. The Labute approximate surface area is 132 Å². The van der Waals surface area contributed by atoms with Gasteiger partial charge in [0.1, 0.15) is 4.90 Å². The molecule has 0 saturated heterocycles. The van der Waals surface area contributed by atoms with Gasteiger partial charge in [-0.25, -0.2) is 22.2 Å². The van der Waals surface area contributed by atoms with Crippen molar-refractivity contribution in [2.45, 2.75) is 37.0 Å². The number of alkyl halides is 2. The summed E-state index contributed by atoms with van der Waals surface area (Å²) >= 11 is 0. The highest BCUT2D eigenvalue weighted by Crippen LogP contribution is 2.25. The van der Waals surface area contributed by atoms with Crippen LogP contribution in [0.2, 0.25) is 0 Å². The molecule has 23 heavy (non-hydrogen) atoms. The van der Waals surface area contributed by atoms with E-state index in [2.05, 4.69) is 10.4 Å². The van der Waals surface area contributed by atoms with Crippen molar-refractivity contribution in [3.05, 3.63) is 18.3 Å². The first-order chi connectivity index (χ1) is 10.9. The fourth-order valence-corrected chi connectivity index (χ4v) is 3.24. The van der Waals surface area contributed by atoms with Crippen molar-refractivity contribution in [2.75, 3.05) is 6.61 Å². The van der Waals surface area contributed by atoms with Crippen LogP contribution in [0.25, 0.3) is 0 Å². The number of ether oxygens (including phenoxy) is 1. The third-order valence-corrected chi connectivity index (χ3v) is 4.67. The molecule has 1 heterocycles. The third kappa shape index (κ3) is 4.83. The smallest absolute Gasteiger partial charge is 0.272 e. The van der Waals surface area contributed by atoms with Crippen LogP contribution in [0.4, 0.5) is 8.78 Å². The lowest BCUT2D eigenvalue weighted by atomic mass is 10.1. The van der Waals surface area contributed by atoms with Gasteiger partial charge in [0.15, 0.2) is 6.61 Å². The minimum absolute atomic E-state index is 0.221. The van der Waals surface area contributed by atoms with Gasteiger partial charge in [-0.15, -0.1) is 4.83 Å². The molecule has 0 atom stereocenters. The Bertz CT molecular complexity index is 648. The van der Waals surface area contributed by atoms with E-state index in [-0.39, 0.29) is 5.92 Å². The number of pyridine rings is 1. The van der Waals surface area contributed by atoms with Gasteiger partial charge in [0.25, 0.3) is 16.4 Å². The van der Waals surface area contributed by atoms with Gasteiger partial charge >= 0.3 is 0 Å². The predicted molar refractivity (Wildman–Crippen MR) is 76.2 cm³/mol. The minimum Gasteiger partial charge on any atom is -0.471 e. The van der Waals surface area contributed by atoms with Crippen LogP contribution in [0.1, 0.15) is 25.7 Å². The summed E-state index contributed by atoms with van der Waals surface area (Å²) in [6.45, 7) is -0.978. The molecule has 2 N–H and O–H groups in total. The molecule has 0 unspecified atom stereocenters. The Balaban J connectivity index is 2.05. The average Bonchev–Trinajstić information content (AvgIpc) is 3.05. The van der Waals surface area contributed by atoms with Crippen LogP contribution < -0.4 is 15.0 Å². The minimum atomic E-state index is -4.18. The van der Waals surface area contributed by atoms with E-state index in [1.54, 1.807) is 0 Å². The molecular formula is C13H17F2N3O4S. The van der Waals surface area contributed by atoms with Crippen LogP contribution in [-0.4, -0.2) is 32.3 Å². The summed E-state index contributed by atoms with van der Waals surface area (Å²) in [5, 5.41) is 0. The molecule has 2 rings (SSSR count). The van der Waals surface area contributed by atoms with E-state index in [0.29, 0.717) is 12.8 Å². The van der Waals surface area contributed by atoms with Crippen molar-refractivity contribution in [1.82, 2.24) is 15.2 Å². The van der Waals surface area contributed by atoms with E-state index >= 15 is 0 Å². The van der Waals surface area contributed by atoms with Gasteiger partial charge in [0, 0.05) is 12.1 Å². The number of sulfonamides is 1. The summed E-state index contributed by atoms with van der Waals surface area (Å²) in [7, 11) is -4.18. The van der Waals surface area contributed by atoms with Crippen LogP contribution in [0.15, 0.2) is 23.2 Å². The second-order valence-electron chi connectivity index (χ2n) is 5.08. The van der Waals surface area contributed by atoms with Gasteiger partial charge < -0.3 is 4.74 Å². The maximum atomic E-state index is 12.2. The van der Waals surface area contributed by atoms with E-state index in [1.807, 2.05) is 4.83 Å². The largest absolute Gasteiger partial charge is 0.471 e. The molecule has 1 aliphatic carbocycles. The number of hydrogen-bond acceptors (Lipinski definition) is 5. The molecule has 0 spiro atoms. The van der Waals surface area contributed by atoms with Crippen molar-refractivity contribution < 1.29 is 26.7 Å². The Morgan fingerprint density at radius 1 is 1.39 bits per heavy atom. The van der Waals surface area contributed by atoms with Crippen LogP contribution >= 0.6 is 0 Å². The number of amides is 1. The van der Waals surface area contributed by atoms with Crippen LogP contribution in [-0.2, 0) is 14.8 Å². The first-order valence-corrected chi connectivity index (χ1v) is 8.56. The SMILES string of the molecule is O=C(NNS(=O)(=O)c1cccnc1OCC(F)F)C1CCCC1. The van der Waals surface area contributed by atoms with E-state index in [0.717, 1.165) is 18.9 Å². The van der Waals surface area contributed by atoms with Crippen LogP contribution in [0.3, 0.4) is 0 Å². The fraction of sp³-hybridized carbons (Fsp3) is 0.538. The molecule has 1 aromatic rings. The van der Waals surface area contributed by atoms with Crippen molar-refractivity contribution >= 4 is 15.9 Å². The van der Waals surface area contributed by atoms with Gasteiger partial charge in [0.2, 0.25) is 11.8 Å². The quantitative estimate of drug-likeness (QED) is 0.722. The highest BCUT2D eigenvalue weighted by atomic mass is 32.2. The zero-order valence-electron chi connectivity index (χ0n) is 12.2. The Morgan fingerprint density at radius 2 is 2.09 bits per heavy atom. The zero-order valence-corrected chi connectivity index (χ0v) is 13.0. The van der Waals surface area contributed by atoms with E-state index in [9.17, 15) is 22.0 Å². The van der Waals surface area contributed by atoms with Gasteiger partial charge in [0.05, 0.1) is 0 Å². The summed E-state index contributed by atoms with van der Waals surface area (Å²) < 4.78 is 53.5. The van der Waals surface area contributed by atoms with Crippen molar-refractivity contribution in [2.24, 2.45) is 5.92 Å². The lowest BCUT2D eigenvalue weighted by molar-refractivity contribution is -0.125. The lowest BCUT2D eigenvalue weighted by Gasteiger charge is -2.13. The molecule has 1 aliphatic rings. The molecule has 1 aromatic heterocycles. The molecule has 0 bridgehead atoms. The molecule has 1 amide bonds. The Hall–Kier alpha value is -1.81. The molecular weight excluding hydrogens is 332 g/mol. The van der Waals surface area contributed by atoms with Crippen molar-refractivity contribution in [3.8, 4) is 5.88 Å². The first kappa shape index (κ1) is 17.5. The maximum absolute atomic E-state index is 12.2. The molecule has 0 aromatic carbocycles. The number of carbonyl (C=O) groups excluding carboxylic acids is 1. The second kappa shape index (κ2) is 7.64. The van der Waals surface area contributed by atoms with Crippen molar-refractivity contribution in [1.29, 1.82) is 0 Å². The van der Waals surface area contributed by atoms with E-state index in [4.69, 9.17) is 4.74 Å². The van der Waals surface area contributed by atoms with E-state index < -0.39 is 39.7 Å². The second-order valence-corrected chi connectivity index (χ2v) is 6.74. The molecule has 7 nitrogen and oxygen atoms in total. The summed E-state index contributed by atoms with van der Waals surface area (Å²) in [6, 6.07) is 2.47. The molecule has 10 heteroatoms. The third-order valence-electron chi connectivity index (χ3n) is 3.41. The summed E-state index contributed by atoms with van der Waals surface area (Å²) in [5.74, 6) is -1.08. The molecule has 128 valence electrons. The topological polar surface area (TPSA) is 97.4 Å². The number of hydrazine groups is 1. The molecule has 1 fully saturated rings. The summed E-state index contributed by atoms with van der Waals surface area (Å²) in [4.78, 5) is 17.0. The van der Waals surface area contributed by atoms with E-state index in [1.165, 1.54) is 12.3 Å². The van der Waals surface area contributed by atoms with Crippen LogP contribution in [0.5, 0.6) is 5.88 Å². The number of nitrogens with zero attached hydrogens (tertiary/aromatic N) is 1. The number of hydrogen-bond donors (Lipinski definition) is 2. The fourth-order valence-electron chi connectivity index (χ4n) is 2.29. The number of aromatic nitrogens is 1. The number of rotatable bonds is 7. The highest BCUT2D eigenvalue weighted by Gasteiger charge is 2.26. The standard InChI is InChI=1S/C13H17F2N3O4S/c14-11(15)8-22-13-10(6-3-7-16-13)23(20,21)18-17-12(19)9-4-1-2-5-9/h3,6-7,9,11,18H,1-2,4-5,8H2,(H,17,19). The monoisotopic (exact) mass is 349 g/mol. The maximum Gasteiger partial charge on any atom is 0.272 e. The van der Waals surface area contributed by atoms with Gasteiger partial charge in [-0.05, 0) is 25.0 Å². The van der Waals surface area contributed by atoms with Gasteiger partial charge in [-0.2, -0.15) is 0 Å². The number of nitrogens with one attached hydrogen (secondary N) is 2. The highest BCUT2D eigenvalue weighted by molar-refractivity contribution is 7.89.